The Kier molecular flexibility index (Phi) is 4.70. The summed E-state index contributed by atoms with van der Waals surface area (Å²) < 4.78 is 33.1. The van der Waals surface area contributed by atoms with Crippen LogP contribution >= 0.6 is 12.2 Å². The molecule has 0 aromatic heterocycles. The standard InChI is InChI=1S/C15H14F2N2OS/c1-2-20-10-5-3-4-9(8-10)19-12-7-6-11(15(18)21)13(16)14(12)17/h3-8,19H,2H2,1H3,(H2,18,21). The zero-order valence-corrected chi connectivity index (χ0v) is 12.1. The summed E-state index contributed by atoms with van der Waals surface area (Å²) in [5.74, 6) is -1.45. The first-order valence-electron chi connectivity index (χ1n) is 6.30. The second kappa shape index (κ2) is 6.49. The number of hydrogen-bond acceptors (Lipinski definition) is 3. The molecule has 2 aromatic carbocycles. The second-order valence-electron chi connectivity index (χ2n) is 4.24. The van der Waals surface area contributed by atoms with E-state index in [4.69, 9.17) is 10.5 Å². The van der Waals surface area contributed by atoms with Crippen LogP contribution < -0.4 is 15.8 Å². The lowest BCUT2D eigenvalue weighted by atomic mass is 10.1. The molecule has 21 heavy (non-hydrogen) atoms. The van der Waals surface area contributed by atoms with Crippen molar-refractivity contribution in [2.45, 2.75) is 6.92 Å². The highest BCUT2D eigenvalue weighted by Gasteiger charge is 2.15. The molecule has 0 heterocycles. The van der Waals surface area contributed by atoms with Crippen LogP contribution in [-0.4, -0.2) is 11.6 Å². The molecule has 0 aliphatic rings. The molecule has 0 aliphatic carbocycles. The van der Waals surface area contributed by atoms with E-state index < -0.39 is 11.6 Å². The van der Waals surface area contributed by atoms with Crippen LogP contribution in [0.25, 0.3) is 0 Å². The molecule has 2 rings (SSSR count). The molecule has 2 aromatic rings. The van der Waals surface area contributed by atoms with E-state index in [1.54, 1.807) is 24.3 Å². The molecule has 0 amide bonds. The van der Waals surface area contributed by atoms with Crippen molar-refractivity contribution in [1.82, 2.24) is 0 Å². The predicted octanol–water partition coefficient (Wildman–Crippen LogP) is 3.74. The fraction of sp³-hybridized carbons (Fsp3) is 0.133. The third-order valence-electron chi connectivity index (χ3n) is 2.77. The average Bonchev–Trinajstić information content (AvgIpc) is 2.44. The van der Waals surface area contributed by atoms with Gasteiger partial charge in [0.25, 0.3) is 0 Å². The first-order chi connectivity index (χ1) is 10.0. The quantitative estimate of drug-likeness (QED) is 0.826. The van der Waals surface area contributed by atoms with Crippen molar-refractivity contribution in [3.8, 4) is 5.75 Å². The van der Waals surface area contributed by atoms with Gasteiger partial charge in [0.2, 0.25) is 0 Å². The largest absolute Gasteiger partial charge is 0.494 e. The van der Waals surface area contributed by atoms with Gasteiger partial charge in [0.1, 0.15) is 10.7 Å². The normalized spacial score (nSPS) is 10.2. The summed E-state index contributed by atoms with van der Waals surface area (Å²) in [4.78, 5) is -0.184. The molecule has 0 fully saturated rings. The lowest BCUT2D eigenvalue weighted by Crippen LogP contribution is -2.13. The Morgan fingerprint density at radius 2 is 2.00 bits per heavy atom. The van der Waals surface area contributed by atoms with Gasteiger partial charge >= 0.3 is 0 Å². The van der Waals surface area contributed by atoms with Crippen molar-refractivity contribution in [3.63, 3.8) is 0 Å². The van der Waals surface area contributed by atoms with Gasteiger partial charge in [0.05, 0.1) is 12.3 Å². The van der Waals surface area contributed by atoms with Crippen LogP contribution in [-0.2, 0) is 0 Å². The number of halogens is 2. The van der Waals surface area contributed by atoms with Crippen LogP contribution in [0.5, 0.6) is 5.75 Å². The highest BCUT2D eigenvalue weighted by atomic mass is 32.1. The fourth-order valence-electron chi connectivity index (χ4n) is 1.82. The van der Waals surface area contributed by atoms with Gasteiger partial charge in [0, 0.05) is 17.3 Å². The number of nitrogens with one attached hydrogen (secondary N) is 1. The maximum Gasteiger partial charge on any atom is 0.182 e. The summed E-state index contributed by atoms with van der Waals surface area (Å²) in [5, 5.41) is 2.80. The summed E-state index contributed by atoms with van der Waals surface area (Å²) in [6.45, 7) is 2.39. The van der Waals surface area contributed by atoms with Gasteiger partial charge in [-0.3, -0.25) is 0 Å². The molecule has 0 saturated carbocycles. The van der Waals surface area contributed by atoms with Gasteiger partial charge in [-0.05, 0) is 31.2 Å². The van der Waals surface area contributed by atoms with Crippen molar-refractivity contribution in [2.75, 3.05) is 11.9 Å². The maximum atomic E-state index is 14.0. The number of ether oxygens (including phenoxy) is 1. The summed E-state index contributed by atoms with van der Waals surface area (Å²) in [5.41, 5.74) is 5.80. The number of nitrogens with two attached hydrogens (primary N) is 1. The van der Waals surface area contributed by atoms with Crippen molar-refractivity contribution in [2.24, 2.45) is 5.73 Å². The van der Waals surface area contributed by atoms with E-state index in [1.807, 2.05) is 6.92 Å². The predicted molar refractivity (Wildman–Crippen MR) is 83.1 cm³/mol. The summed E-state index contributed by atoms with van der Waals surface area (Å²) >= 11 is 4.66. The van der Waals surface area contributed by atoms with Gasteiger partial charge in [-0.25, -0.2) is 8.78 Å². The molecule has 6 heteroatoms. The minimum absolute atomic E-state index is 0.00106. The lowest BCUT2D eigenvalue weighted by Gasteiger charge is -2.11. The van der Waals surface area contributed by atoms with E-state index >= 15 is 0 Å². The molecular weight excluding hydrogens is 294 g/mol. The topological polar surface area (TPSA) is 47.3 Å². The molecule has 0 unspecified atom stereocenters. The van der Waals surface area contributed by atoms with Crippen LogP contribution in [0.4, 0.5) is 20.2 Å². The molecule has 0 radical (unpaired) electrons. The van der Waals surface area contributed by atoms with E-state index in [1.165, 1.54) is 12.1 Å². The molecule has 0 aliphatic heterocycles. The second-order valence-corrected chi connectivity index (χ2v) is 4.68. The minimum atomic E-state index is -1.06. The Morgan fingerprint density at radius 1 is 1.24 bits per heavy atom. The first kappa shape index (κ1) is 15.2. The van der Waals surface area contributed by atoms with Crippen LogP contribution in [0.1, 0.15) is 12.5 Å². The van der Waals surface area contributed by atoms with Crippen LogP contribution in [0.3, 0.4) is 0 Å². The molecule has 0 spiro atoms. The molecule has 3 nitrogen and oxygen atoms in total. The van der Waals surface area contributed by atoms with Crippen LogP contribution in [0, 0.1) is 11.6 Å². The highest BCUT2D eigenvalue weighted by molar-refractivity contribution is 7.80. The Bertz CT molecular complexity index is 677. The molecule has 110 valence electrons. The number of thiocarbonyl (C=S) groups is 1. The lowest BCUT2D eigenvalue weighted by molar-refractivity contribution is 0.340. The Hall–Kier alpha value is -2.21. The average molecular weight is 308 g/mol. The Morgan fingerprint density at radius 3 is 2.67 bits per heavy atom. The van der Waals surface area contributed by atoms with E-state index in [2.05, 4.69) is 17.5 Å². The van der Waals surface area contributed by atoms with E-state index in [0.717, 1.165) is 0 Å². The monoisotopic (exact) mass is 308 g/mol. The fourth-order valence-corrected chi connectivity index (χ4v) is 1.98. The molecular formula is C15H14F2N2OS. The zero-order chi connectivity index (χ0) is 15.4. The van der Waals surface area contributed by atoms with Gasteiger partial charge in [-0.1, -0.05) is 18.3 Å². The maximum absolute atomic E-state index is 14.0. The molecule has 0 atom stereocenters. The van der Waals surface area contributed by atoms with E-state index in [9.17, 15) is 8.78 Å². The van der Waals surface area contributed by atoms with Crippen molar-refractivity contribution in [1.29, 1.82) is 0 Å². The SMILES string of the molecule is CCOc1cccc(Nc2ccc(C(N)=S)c(F)c2F)c1. The smallest absolute Gasteiger partial charge is 0.182 e. The number of anilines is 2. The number of rotatable bonds is 5. The third kappa shape index (κ3) is 3.46. The molecule has 0 saturated heterocycles. The van der Waals surface area contributed by atoms with Gasteiger partial charge in [-0.15, -0.1) is 0 Å². The van der Waals surface area contributed by atoms with Crippen LogP contribution in [0.2, 0.25) is 0 Å². The van der Waals surface area contributed by atoms with Crippen molar-refractivity contribution in [3.05, 3.63) is 53.6 Å². The van der Waals surface area contributed by atoms with Gasteiger partial charge in [0.15, 0.2) is 11.6 Å². The first-order valence-corrected chi connectivity index (χ1v) is 6.71. The third-order valence-corrected chi connectivity index (χ3v) is 2.99. The number of benzene rings is 2. The number of hydrogen-bond donors (Lipinski definition) is 2. The van der Waals surface area contributed by atoms with Crippen molar-refractivity contribution < 1.29 is 13.5 Å². The van der Waals surface area contributed by atoms with E-state index in [-0.39, 0.29) is 16.2 Å². The summed E-state index contributed by atoms with van der Waals surface area (Å²) in [7, 11) is 0. The molecule has 0 bridgehead atoms. The highest BCUT2D eigenvalue weighted by Crippen LogP contribution is 2.26. The molecule has 3 N–H and O–H groups in total. The summed E-state index contributed by atoms with van der Waals surface area (Å²) in [6.07, 6.45) is 0. The van der Waals surface area contributed by atoms with Crippen molar-refractivity contribution >= 4 is 28.6 Å². The van der Waals surface area contributed by atoms with E-state index in [0.29, 0.717) is 18.0 Å². The Balaban J connectivity index is 2.30. The van der Waals surface area contributed by atoms with Gasteiger partial charge < -0.3 is 15.8 Å². The van der Waals surface area contributed by atoms with Crippen LogP contribution in [0.15, 0.2) is 36.4 Å². The zero-order valence-electron chi connectivity index (χ0n) is 11.3. The van der Waals surface area contributed by atoms with Gasteiger partial charge in [-0.2, -0.15) is 0 Å². The Labute approximate surface area is 126 Å². The summed E-state index contributed by atoms with van der Waals surface area (Å²) in [6, 6.07) is 9.69. The minimum Gasteiger partial charge on any atom is -0.494 e.